The molecule has 4 heteroatoms. The zero-order valence-electron chi connectivity index (χ0n) is 14.4. The molecule has 0 radical (unpaired) electrons. The van der Waals surface area contributed by atoms with Gasteiger partial charge in [0.25, 0.3) is 0 Å². The Morgan fingerprint density at radius 3 is 2.29 bits per heavy atom. The van der Waals surface area contributed by atoms with E-state index in [4.69, 9.17) is 4.74 Å². The van der Waals surface area contributed by atoms with E-state index in [0.29, 0.717) is 0 Å². The number of ether oxygens (including phenoxy) is 1. The Balaban J connectivity index is 2.42. The van der Waals surface area contributed by atoms with Gasteiger partial charge in [0, 0.05) is 6.04 Å². The molecule has 0 aromatic heterocycles. The van der Waals surface area contributed by atoms with Gasteiger partial charge in [-0.05, 0) is 66.1 Å². The fraction of sp³-hybridized carbons (Fsp3) is 0.941. The molecular formula is C17H34N2O2. The highest BCUT2D eigenvalue weighted by Crippen LogP contribution is 2.17. The van der Waals surface area contributed by atoms with Crippen LogP contribution in [-0.2, 0) is 9.53 Å². The van der Waals surface area contributed by atoms with Crippen LogP contribution in [-0.4, -0.2) is 49.2 Å². The van der Waals surface area contributed by atoms with E-state index >= 15 is 0 Å². The van der Waals surface area contributed by atoms with Crippen molar-refractivity contribution in [2.45, 2.75) is 77.3 Å². The van der Waals surface area contributed by atoms with Crippen LogP contribution in [0.5, 0.6) is 0 Å². The van der Waals surface area contributed by atoms with Crippen molar-refractivity contribution >= 4 is 5.97 Å². The molecule has 0 spiro atoms. The summed E-state index contributed by atoms with van der Waals surface area (Å²) in [5.41, 5.74) is -0.564. The van der Waals surface area contributed by atoms with Crippen molar-refractivity contribution in [3.63, 3.8) is 0 Å². The van der Waals surface area contributed by atoms with Gasteiger partial charge in [0.2, 0.25) is 0 Å². The van der Waals surface area contributed by atoms with E-state index in [1.165, 1.54) is 52.3 Å². The number of carbonyl (C=O) groups excluding carboxylic acids is 1. The Kier molecular flexibility index (Phi) is 8.27. The number of methoxy groups -OCH3 is 1. The summed E-state index contributed by atoms with van der Waals surface area (Å²) in [5.74, 6) is -0.149. The largest absolute Gasteiger partial charge is 0.468 e. The highest BCUT2D eigenvalue weighted by Gasteiger charge is 2.34. The van der Waals surface area contributed by atoms with E-state index in [1.807, 2.05) is 6.92 Å². The summed E-state index contributed by atoms with van der Waals surface area (Å²) in [6.45, 7) is 9.62. The Hall–Kier alpha value is -0.610. The number of esters is 1. The van der Waals surface area contributed by atoms with Crippen molar-refractivity contribution < 1.29 is 9.53 Å². The third kappa shape index (κ3) is 6.79. The third-order valence-corrected chi connectivity index (χ3v) is 4.34. The maximum atomic E-state index is 12.1. The normalized spacial score (nSPS) is 20.6. The summed E-state index contributed by atoms with van der Waals surface area (Å²) in [4.78, 5) is 14.6. The average molecular weight is 298 g/mol. The van der Waals surface area contributed by atoms with Crippen LogP contribution in [0.3, 0.4) is 0 Å². The number of hydrogen-bond acceptors (Lipinski definition) is 4. The first-order valence-corrected chi connectivity index (χ1v) is 8.56. The number of hydrogen-bond donors (Lipinski definition) is 1. The highest BCUT2D eigenvalue weighted by atomic mass is 16.5. The van der Waals surface area contributed by atoms with Crippen molar-refractivity contribution in [3.05, 3.63) is 0 Å². The summed E-state index contributed by atoms with van der Waals surface area (Å²) in [7, 11) is 1.47. The fourth-order valence-corrected chi connectivity index (χ4v) is 3.29. The van der Waals surface area contributed by atoms with Crippen molar-refractivity contribution in [2.75, 3.05) is 26.7 Å². The Labute approximate surface area is 130 Å². The molecule has 1 heterocycles. The van der Waals surface area contributed by atoms with Gasteiger partial charge in [0.1, 0.15) is 5.54 Å². The van der Waals surface area contributed by atoms with Gasteiger partial charge in [0.05, 0.1) is 7.11 Å². The van der Waals surface area contributed by atoms with Crippen molar-refractivity contribution in [1.29, 1.82) is 0 Å². The summed E-state index contributed by atoms with van der Waals surface area (Å²) < 4.78 is 4.98. The van der Waals surface area contributed by atoms with Crippen LogP contribution in [0.1, 0.15) is 65.7 Å². The number of nitrogens with one attached hydrogen (secondary N) is 1. The van der Waals surface area contributed by atoms with Crippen molar-refractivity contribution in [2.24, 2.45) is 0 Å². The number of carbonyl (C=O) groups is 1. The van der Waals surface area contributed by atoms with E-state index in [2.05, 4.69) is 24.1 Å². The molecule has 124 valence electrons. The maximum absolute atomic E-state index is 12.1. The molecule has 1 N–H and O–H groups in total. The van der Waals surface area contributed by atoms with Crippen LogP contribution in [0, 0.1) is 0 Å². The first-order valence-electron chi connectivity index (χ1n) is 8.56. The van der Waals surface area contributed by atoms with Crippen LogP contribution in [0.4, 0.5) is 0 Å². The standard InChI is InChI=1S/C17H34N2O2/c1-15(2)18-17(3,16(20)21-4)11-10-14-19-12-8-6-5-7-9-13-19/h15,18H,5-14H2,1-4H3. The van der Waals surface area contributed by atoms with Crippen LogP contribution in [0.2, 0.25) is 0 Å². The Bertz CT molecular complexity index is 299. The number of likely N-dealkylation sites (tertiary alicyclic amines) is 1. The van der Waals surface area contributed by atoms with Gasteiger partial charge < -0.3 is 9.64 Å². The molecule has 0 saturated carbocycles. The minimum Gasteiger partial charge on any atom is -0.468 e. The lowest BCUT2D eigenvalue weighted by molar-refractivity contribution is -0.148. The van der Waals surface area contributed by atoms with Crippen molar-refractivity contribution in [1.82, 2.24) is 10.2 Å². The lowest BCUT2D eigenvalue weighted by atomic mass is 9.94. The van der Waals surface area contributed by atoms with Gasteiger partial charge in [-0.2, -0.15) is 0 Å². The summed E-state index contributed by atoms with van der Waals surface area (Å²) in [6.07, 6.45) is 8.62. The van der Waals surface area contributed by atoms with Crippen LogP contribution in [0.25, 0.3) is 0 Å². The number of nitrogens with zero attached hydrogens (tertiary/aromatic N) is 1. The van der Waals surface area contributed by atoms with Gasteiger partial charge in [0.15, 0.2) is 0 Å². The maximum Gasteiger partial charge on any atom is 0.325 e. The molecule has 1 unspecified atom stereocenters. The molecule has 1 aliphatic heterocycles. The van der Waals surface area contributed by atoms with Crippen molar-refractivity contribution in [3.8, 4) is 0 Å². The second kappa shape index (κ2) is 9.42. The minimum absolute atomic E-state index is 0.149. The van der Waals surface area contributed by atoms with E-state index in [9.17, 15) is 4.79 Å². The van der Waals surface area contributed by atoms with Crippen LogP contribution >= 0.6 is 0 Å². The molecule has 0 amide bonds. The molecule has 1 saturated heterocycles. The molecule has 1 aliphatic rings. The fourth-order valence-electron chi connectivity index (χ4n) is 3.29. The van der Waals surface area contributed by atoms with E-state index in [1.54, 1.807) is 0 Å². The first-order chi connectivity index (χ1) is 9.98. The second-order valence-corrected chi connectivity index (χ2v) is 6.84. The van der Waals surface area contributed by atoms with E-state index in [-0.39, 0.29) is 12.0 Å². The Morgan fingerprint density at radius 1 is 1.19 bits per heavy atom. The third-order valence-electron chi connectivity index (χ3n) is 4.34. The first kappa shape index (κ1) is 18.4. The van der Waals surface area contributed by atoms with Gasteiger partial charge >= 0.3 is 5.97 Å². The van der Waals surface area contributed by atoms with Crippen LogP contribution in [0.15, 0.2) is 0 Å². The number of rotatable bonds is 7. The van der Waals surface area contributed by atoms with E-state index in [0.717, 1.165) is 19.4 Å². The topological polar surface area (TPSA) is 41.6 Å². The zero-order valence-corrected chi connectivity index (χ0v) is 14.4. The summed E-state index contributed by atoms with van der Waals surface area (Å²) in [5, 5.41) is 3.37. The SMILES string of the molecule is COC(=O)C(C)(CCCN1CCCCCCC1)NC(C)C. The van der Waals surface area contributed by atoms with Gasteiger partial charge in [-0.3, -0.25) is 10.1 Å². The van der Waals surface area contributed by atoms with Gasteiger partial charge in [-0.25, -0.2) is 0 Å². The predicted octanol–water partition coefficient (Wildman–Crippen LogP) is 2.96. The predicted molar refractivity (Wildman–Crippen MR) is 87.5 cm³/mol. The molecule has 0 aromatic carbocycles. The lowest BCUT2D eigenvalue weighted by Crippen LogP contribution is -2.53. The monoisotopic (exact) mass is 298 g/mol. The second-order valence-electron chi connectivity index (χ2n) is 6.84. The molecule has 21 heavy (non-hydrogen) atoms. The molecule has 0 aliphatic carbocycles. The highest BCUT2D eigenvalue weighted by molar-refractivity contribution is 5.80. The zero-order chi connectivity index (χ0) is 15.7. The lowest BCUT2D eigenvalue weighted by Gasteiger charge is -2.31. The summed E-state index contributed by atoms with van der Waals surface area (Å²) >= 11 is 0. The molecule has 0 aromatic rings. The van der Waals surface area contributed by atoms with Gasteiger partial charge in [-0.1, -0.05) is 19.3 Å². The average Bonchev–Trinajstić information content (AvgIpc) is 2.39. The van der Waals surface area contributed by atoms with Crippen LogP contribution < -0.4 is 5.32 Å². The smallest absolute Gasteiger partial charge is 0.325 e. The molecule has 1 rings (SSSR count). The molecule has 0 bridgehead atoms. The molecular weight excluding hydrogens is 264 g/mol. The molecule has 1 atom stereocenters. The molecule has 1 fully saturated rings. The Morgan fingerprint density at radius 2 is 1.76 bits per heavy atom. The van der Waals surface area contributed by atoms with E-state index < -0.39 is 5.54 Å². The molecule has 4 nitrogen and oxygen atoms in total. The van der Waals surface area contributed by atoms with Gasteiger partial charge in [-0.15, -0.1) is 0 Å². The quantitative estimate of drug-likeness (QED) is 0.734. The summed E-state index contributed by atoms with van der Waals surface area (Å²) in [6, 6.07) is 0.274. The minimum atomic E-state index is -0.564.